The molecule has 1 aromatic carbocycles. The van der Waals surface area contributed by atoms with Crippen molar-refractivity contribution in [2.75, 3.05) is 11.5 Å². The lowest BCUT2D eigenvalue weighted by molar-refractivity contribution is 0.0943. The molecule has 5 heteroatoms. The van der Waals surface area contributed by atoms with Crippen LogP contribution in [-0.4, -0.2) is 23.5 Å². The summed E-state index contributed by atoms with van der Waals surface area (Å²) < 4.78 is 1.90. The zero-order valence-corrected chi connectivity index (χ0v) is 14.4. The lowest BCUT2D eigenvalue weighted by Gasteiger charge is -2.14. The predicted octanol–water partition coefficient (Wildman–Crippen LogP) is 3.93. The van der Waals surface area contributed by atoms with Gasteiger partial charge >= 0.3 is 0 Å². The third-order valence-corrected chi connectivity index (χ3v) is 4.70. The van der Waals surface area contributed by atoms with Crippen LogP contribution < -0.4 is 5.32 Å². The molecule has 0 radical (unpaired) electrons. The molecule has 94 valence electrons. The molecule has 0 aliphatic rings. The second-order valence-corrected chi connectivity index (χ2v) is 7.05. The monoisotopic (exact) mass is 427 g/mol. The van der Waals surface area contributed by atoms with Gasteiger partial charge in [-0.3, -0.25) is 4.79 Å². The molecule has 0 aliphatic carbocycles. The predicted molar refractivity (Wildman–Crippen MR) is 86.8 cm³/mol. The number of thioether (sulfide) groups is 1. The number of hydrogen-bond acceptors (Lipinski definition) is 2. The molecular formula is C12H15BrINOS. The van der Waals surface area contributed by atoms with Gasteiger partial charge in [-0.05, 0) is 53.5 Å². The highest BCUT2D eigenvalue weighted by Crippen LogP contribution is 2.18. The Balaban J connectivity index is 2.66. The molecular weight excluding hydrogens is 413 g/mol. The van der Waals surface area contributed by atoms with E-state index in [-0.39, 0.29) is 11.9 Å². The van der Waals surface area contributed by atoms with Gasteiger partial charge in [-0.25, -0.2) is 0 Å². The second-order valence-electron chi connectivity index (χ2n) is 3.66. The van der Waals surface area contributed by atoms with E-state index in [1.807, 2.05) is 36.9 Å². The molecule has 17 heavy (non-hydrogen) atoms. The van der Waals surface area contributed by atoms with Crippen LogP contribution in [0.25, 0.3) is 0 Å². The first kappa shape index (κ1) is 15.3. The molecule has 1 unspecified atom stereocenters. The van der Waals surface area contributed by atoms with Gasteiger partial charge in [0.25, 0.3) is 5.91 Å². The summed E-state index contributed by atoms with van der Waals surface area (Å²) >= 11 is 7.40. The highest BCUT2D eigenvalue weighted by Gasteiger charge is 2.12. The van der Waals surface area contributed by atoms with Crippen molar-refractivity contribution >= 4 is 56.2 Å². The Bertz CT molecular complexity index is 400. The van der Waals surface area contributed by atoms with Crippen LogP contribution in [0, 0.1) is 3.57 Å². The number of benzene rings is 1. The maximum absolute atomic E-state index is 12.0. The quantitative estimate of drug-likeness (QED) is 0.721. The minimum absolute atomic E-state index is 0.0000898. The van der Waals surface area contributed by atoms with E-state index in [9.17, 15) is 4.79 Å². The van der Waals surface area contributed by atoms with Crippen LogP contribution >= 0.6 is 50.3 Å². The number of nitrogens with one attached hydrogen (secondary N) is 1. The van der Waals surface area contributed by atoms with E-state index in [0.29, 0.717) is 0 Å². The lowest BCUT2D eigenvalue weighted by Crippen LogP contribution is -2.34. The minimum atomic E-state index is -0.0000898. The Labute approximate surface area is 129 Å². The molecule has 1 rings (SSSR count). The number of amides is 1. The molecule has 0 heterocycles. The Morgan fingerprint density at radius 3 is 2.94 bits per heavy atom. The largest absolute Gasteiger partial charge is 0.349 e. The zero-order chi connectivity index (χ0) is 12.8. The zero-order valence-electron chi connectivity index (χ0n) is 9.80. The first-order valence-corrected chi connectivity index (χ1v) is 8.41. The van der Waals surface area contributed by atoms with Crippen molar-refractivity contribution in [3.05, 3.63) is 31.8 Å². The number of carbonyl (C=O) groups is 1. The molecule has 0 aromatic heterocycles. The average molecular weight is 428 g/mol. The van der Waals surface area contributed by atoms with Crippen molar-refractivity contribution < 1.29 is 4.79 Å². The molecule has 0 bridgehead atoms. The molecule has 1 aromatic rings. The van der Waals surface area contributed by atoms with E-state index in [1.54, 1.807) is 0 Å². The number of carbonyl (C=O) groups excluding carboxylic acids is 1. The average Bonchev–Trinajstić information content (AvgIpc) is 2.29. The van der Waals surface area contributed by atoms with E-state index in [4.69, 9.17) is 0 Å². The third-order valence-electron chi connectivity index (χ3n) is 2.12. The van der Waals surface area contributed by atoms with Gasteiger partial charge in [0.05, 0.1) is 5.56 Å². The van der Waals surface area contributed by atoms with Crippen LogP contribution in [0.3, 0.4) is 0 Å². The lowest BCUT2D eigenvalue weighted by atomic mass is 10.2. The van der Waals surface area contributed by atoms with Crippen LogP contribution in [-0.2, 0) is 0 Å². The fraction of sp³-hybridized carbons (Fsp3) is 0.417. The van der Waals surface area contributed by atoms with Crippen LogP contribution in [0.4, 0.5) is 0 Å². The number of hydrogen-bond donors (Lipinski definition) is 1. The number of halogens is 2. The molecule has 0 saturated heterocycles. The van der Waals surface area contributed by atoms with Gasteiger partial charge in [0, 0.05) is 19.8 Å². The third kappa shape index (κ3) is 5.18. The van der Waals surface area contributed by atoms with E-state index in [2.05, 4.69) is 50.8 Å². The van der Waals surface area contributed by atoms with Gasteiger partial charge in [-0.2, -0.15) is 11.8 Å². The normalized spacial score (nSPS) is 12.2. The van der Waals surface area contributed by atoms with Crippen molar-refractivity contribution in [3.8, 4) is 0 Å². The summed E-state index contributed by atoms with van der Waals surface area (Å²) in [5.41, 5.74) is 0.730. The van der Waals surface area contributed by atoms with Gasteiger partial charge in [0.2, 0.25) is 0 Å². The standard InChI is InChI=1S/C12H15BrINOS/c1-3-17-7-8(2)15-12(16)10-6-9(13)4-5-11(10)14/h4-6,8H,3,7H2,1-2H3,(H,15,16). The van der Waals surface area contributed by atoms with Gasteiger partial charge < -0.3 is 5.32 Å². The summed E-state index contributed by atoms with van der Waals surface area (Å²) in [6, 6.07) is 5.93. The molecule has 1 atom stereocenters. The van der Waals surface area contributed by atoms with E-state index < -0.39 is 0 Å². The fourth-order valence-corrected chi connectivity index (χ4v) is 2.92. The summed E-state index contributed by atoms with van der Waals surface area (Å²) in [6.45, 7) is 4.15. The van der Waals surface area contributed by atoms with Crippen molar-refractivity contribution in [1.82, 2.24) is 5.32 Å². The second kappa shape index (κ2) is 7.63. The van der Waals surface area contributed by atoms with Gasteiger partial charge in [-0.1, -0.05) is 22.9 Å². The van der Waals surface area contributed by atoms with E-state index in [1.165, 1.54) is 0 Å². The van der Waals surface area contributed by atoms with Crippen LogP contribution in [0.15, 0.2) is 22.7 Å². The summed E-state index contributed by atoms with van der Waals surface area (Å²) in [7, 11) is 0. The number of rotatable bonds is 5. The van der Waals surface area contributed by atoms with Crippen molar-refractivity contribution in [1.29, 1.82) is 0 Å². The molecule has 0 aliphatic heterocycles. The molecule has 2 nitrogen and oxygen atoms in total. The summed E-state index contributed by atoms with van der Waals surface area (Å²) in [5.74, 6) is 2.03. The van der Waals surface area contributed by atoms with Crippen molar-refractivity contribution in [2.24, 2.45) is 0 Å². The molecule has 1 N–H and O–H groups in total. The molecule has 0 fully saturated rings. The van der Waals surface area contributed by atoms with E-state index in [0.717, 1.165) is 25.1 Å². The van der Waals surface area contributed by atoms with E-state index >= 15 is 0 Å². The fourth-order valence-electron chi connectivity index (χ4n) is 1.31. The van der Waals surface area contributed by atoms with Crippen LogP contribution in [0.5, 0.6) is 0 Å². The molecule has 1 amide bonds. The highest BCUT2D eigenvalue weighted by molar-refractivity contribution is 14.1. The summed E-state index contributed by atoms with van der Waals surface area (Å²) in [4.78, 5) is 12.0. The van der Waals surface area contributed by atoms with Gasteiger partial charge in [-0.15, -0.1) is 0 Å². The highest BCUT2D eigenvalue weighted by atomic mass is 127. The smallest absolute Gasteiger partial charge is 0.252 e. The molecule has 0 saturated carbocycles. The molecule has 0 spiro atoms. The SMILES string of the molecule is CCSCC(C)NC(=O)c1cc(Br)ccc1I. The van der Waals surface area contributed by atoms with Crippen molar-refractivity contribution in [2.45, 2.75) is 19.9 Å². The summed E-state index contributed by atoms with van der Waals surface area (Å²) in [5, 5.41) is 3.01. The Hall–Kier alpha value is 0.250. The first-order chi connectivity index (χ1) is 8.04. The maximum atomic E-state index is 12.0. The van der Waals surface area contributed by atoms with Crippen LogP contribution in [0.2, 0.25) is 0 Å². The van der Waals surface area contributed by atoms with Gasteiger partial charge in [0.15, 0.2) is 0 Å². The van der Waals surface area contributed by atoms with Gasteiger partial charge in [0.1, 0.15) is 0 Å². The Kier molecular flexibility index (Phi) is 6.87. The maximum Gasteiger partial charge on any atom is 0.252 e. The topological polar surface area (TPSA) is 29.1 Å². The summed E-state index contributed by atoms with van der Waals surface area (Å²) in [6.07, 6.45) is 0. The Morgan fingerprint density at radius 2 is 2.29 bits per heavy atom. The minimum Gasteiger partial charge on any atom is -0.349 e. The van der Waals surface area contributed by atoms with Crippen LogP contribution in [0.1, 0.15) is 24.2 Å². The van der Waals surface area contributed by atoms with Crippen molar-refractivity contribution in [3.63, 3.8) is 0 Å². The first-order valence-electron chi connectivity index (χ1n) is 5.38. The Morgan fingerprint density at radius 1 is 1.59 bits per heavy atom.